The molecule has 0 aromatic carbocycles. The standard InChI is InChI=1S/C17H25N5O2/c1-4-15-9-19-17(24-15)12-22(13(2)23)14-5-7-21(10-14)11-16-18-6-8-20(16)3/h6,8-9,14H,4-5,7,10-12H2,1-3H3/t14-/m0/s1. The highest BCUT2D eigenvalue weighted by molar-refractivity contribution is 5.73. The Hall–Kier alpha value is -2.15. The van der Waals surface area contributed by atoms with Crippen LogP contribution in [0.5, 0.6) is 0 Å². The van der Waals surface area contributed by atoms with Crippen molar-refractivity contribution < 1.29 is 9.21 Å². The minimum absolute atomic E-state index is 0.0649. The average molecular weight is 331 g/mol. The van der Waals surface area contributed by atoms with E-state index in [9.17, 15) is 4.79 Å². The van der Waals surface area contributed by atoms with Gasteiger partial charge in [0.05, 0.1) is 19.3 Å². The van der Waals surface area contributed by atoms with E-state index in [1.807, 2.05) is 35.8 Å². The van der Waals surface area contributed by atoms with Crippen molar-refractivity contribution in [1.29, 1.82) is 0 Å². The number of aromatic nitrogens is 3. The number of aryl methyl sites for hydroxylation is 2. The molecule has 24 heavy (non-hydrogen) atoms. The second-order valence-corrected chi connectivity index (χ2v) is 6.35. The van der Waals surface area contributed by atoms with Crippen molar-refractivity contribution in [1.82, 2.24) is 24.3 Å². The van der Waals surface area contributed by atoms with Gasteiger partial charge in [-0.2, -0.15) is 0 Å². The highest BCUT2D eigenvalue weighted by Crippen LogP contribution is 2.20. The van der Waals surface area contributed by atoms with E-state index in [1.165, 1.54) is 0 Å². The number of carbonyl (C=O) groups excluding carboxylic acids is 1. The number of carbonyl (C=O) groups is 1. The predicted octanol–water partition coefficient (Wildman–Crippen LogP) is 1.59. The molecule has 3 heterocycles. The van der Waals surface area contributed by atoms with Gasteiger partial charge in [0, 0.05) is 51.9 Å². The van der Waals surface area contributed by atoms with Crippen LogP contribution in [0.2, 0.25) is 0 Å². The Balaban J connectivity index is 1.62. The fourth-order valence-corrected chi connectivity index (χ4v) is 3.19. The van der Waals surface area contributed by atoms with Gasteiger partial charge in [0.15, 0.2) is 0 Å². The lowest BCUT2D eigenvalue weighted by Gasteiger charge is -2.27. The minimum Gasteiger partial charge on any atom is -0.444 e. The van der Waals surface area contributed by atoms with E-state index >= 15 is 0 Å². The van der Waals surface area contributed by atoms with Crippen LogP contribution in [0, 0.1) is 0 Å². The molecule has 0 unspecified atom stereocenters. The molecule has 7 heteroatoms. The zero-order valence-corrected chi connectivity index (χ0v) is 14.6. The second-order valence-electron chi connectivity index (χ2n) is 6.35. The fraction of sp³-hybridized carbons (Fsp3) is 0.588. The van der Waals surface area contributed by atoms with Crippen molar-refractivity contribution in [2.75, 3.05) is 13.1 Å². The van der Waals surface area contributed by atoms with Crippen LogP contribution in [0.3, 0.4) is 0 Å². The summed E-state index contributed by atoms with van der Waals surface area (Å²) in [6.07, 6.45) is 7.30. The maximum atomic E-state index is 12.1. The first kappa shape index (κ1) is 16.7. The number of hydrogen-bond donors (Lipinski definition) is 0. The summed E-state index contributed by atoms with van der Waals surface area (Å²) >= 11 is 0. The van der Waals surface area contributed by atoms with Gasteiger partial charge in [-0.05, 0) is 6.42 Å². The van der Waals surface area contributed by atoms with Crippen LogP contribution in [0.15, 0.2) is 23.0 Å². The van der Waals surface area contributed by atoms with Crippen molar-refractivity contribution in [2.24, 2.45) is 7.05 Å². The Labute approximate surface area is 142 Å². The first-order chi connectivity index (χ1) is 11.6. The van der Waals surface area contributed by atoms with E-state index in [0.29, 0.717) is 12.4 Å². The van der Waals surface area contributed by atoms with Crippen molar-refractivity contribution in [3.63, 3.8) is 0 Å². The molecule has 1 aliphatic rings. The molecule has 1 aliphatic heterocycles. The predicted molar refractivity (Wildman–Crippen MR) is 89.0 cm³/mol. The Morgan fingerprint density at radius 1 is 1.46 bits per heavy atom. The zero-order chi connectivity index (χ0) is 17.1. The molecule has 0 spiro atoms. The quantitative estimate of drug-likeness (QED) is 0.804. The van der Waals surface area contributed by atoms with Crippen molar-refractivity contribution in [3.8, 4) is 0 Å². The molecule has 2 aromatic heterocycles. The van der Waals surface area contributed by atoms with Crippen molar-refractivity contribution in [3.05, 3.63) is 36.1 Å². The van der Waals surface area contributed by atoms with Gasteiger partial charge in [0.2, 0.25) is 11.8 Å². The number of nitrogens with zero attached hydrogens (tertiary/aromatic N) is 5. The molecule has 130 valence electrons. The maximum Gasteiger partial charge on any atom is 0.220 e. The molecular formula is C17H25N5O2. The first-order valence-electron chi connectivity index (χ1n) is 8.46. The molecule has 1 saturated heterocycles. The molecule has 0 radical (unpaired) electrons. The summed E-state index contributed by atoms with van der Waals surface area (Å²) in [6.45, 7) is 6.71. The Kier molecular flexibility index (Phi) is 4.99. The zero-order valence-electron chi connectivity index (χ0n) is 14.6. The lowest BCUT2D eigenvalue weighted by molar-refractivity contribution is -0.132. The average Bonchev–Trinajstić information content (AvgIpc) is 3.27. The van der Waals surface area contributed by atoms with E-state index < -0.39 is 0 Å². The fourth-order valence-electron chi connectivity index (χ4n) is 3.19. The monoisotopic (exact) mass is 331 g/mol. The van der Waals surface area contributed by atoms with Crippen LogP contribution in [0.1, 0.15) is 37.7 Å². The summed E-state index contributed by atoms with van der Waals surface area (Å²) in [4.78, 5) is 25.0. The molecule has 1 atom stereocenters. The van der Waals surface area contributed by atoms with Crippen LogP contribution in [-0.2, 0) is 31.4 Å². The van der Waals surface area contributed by atoms with Gasteiger partial charge in [-0.15, -0.1) is 0 Å². The number of amides is 1. The summed E-state index contributed by atoms with van der Waals surface area (Å²) in [5.41, 5.74) is 0. The van der Waals surface area contributed by atoms with Crippen LogP contribution in [0.4, 0.5) is 0 Å². The second kappa shape index (κ2) is 7.17. The van der Waals surface area contributed by atoms with Crippen molar-refractivity contribution >= 4 is 5.91 Å². The third-order valence-corrected chi connectivity index (χ3v) is 4.63. The topological polar surface area (TPSA) is 67.4 Å². The number of likely N-dealkylation sites (tertiary alicyclic amines) is 1. The largest absolute Gasteiger partial charge is 0.444 e. The van der Waals surface area contributed by atoms with E-state index in [1.54, 1.807) is 13.1 Å². The van der Waals surface area contributed by atoms with Gasteiger partial charge in [0.25, 0.3) is 0 Å². The molecule has 2 aromatic rings. The highest BCUT2D eigenvalue weighted by Gasteiger charge is 2.30. The lowest BCUT2D eigenvalue weighted by Crippen LogP contribution is -2.40. The summed E-state index contributed by atoms with van der Waals surface area (Å²) in [6, 6.07) is 0.194. The Morgan fingerprint density at radius 2 is 2.29 bits per heavy atom. The number of rotatable bonds is 6. The summed E-state index contributed by atoms with van der Waals surface area (Å²) in [5, 5.41) is 0. The normalized spacial score (nSPS) is 18.2. The van der Waals surface area contributed by atoms with Gasteiger partial charge in [-0.25, -0.2) is 9.97 Å². The maximum absolute atomic E-state index is 12.1. The van der Waals surface area contributed by atoms with Crippen LogP contribution >= 0.6 is 0 Å². The molecule has 1 fully saturated rings. The van der Waals surface area contributed by atoms with E-state index in [0.717, 1.165) is 44.1 Å². The van der Waals surface area contributed by atoms with Gasteiger partial charge in [0.1, 0.15) is 11.6 Å². The van der Waals surface area contributed by atoms with Crippen LogP contribution in [0.25, 0.3) is 0 Å². The molecule has 0 aliphatic carbocycles. The summed E-state index contributed by atoms with van der Waals surface area (Å²) in [5.74, 6) is 2.58. The third-order valence-electron chi connectivity index (χ3n) is 4.63. The smallest absolute Gasteiger partial charge is 0.220 e. The SMILES string of the molecule is CCc1cnc(CN(C(C)=O)[C@H]2CCN(Cc3nccn3C)C2)o1. The lowest BCUT2D eigenvalue weighted by atomic mass is 10.2. The molecule has 1 amide bonds. The summed E-state index contributed by atoms with van der Waals surface area (Å²) in [7, 11) is 2.01. The van der Waals surface area contributed by atoms with Crippen LogP contribution < -0.4 is 0 Å². The molecule has 0 N–H and O–H groups in total. The number of oxazole rings is 1. The number of imidazole rings is 1. The molecule has 0 saturated carbocycles. The van der Waals surface area contributed by atoms with E-state index in [4.69, 9.17) is 4.42 Å². The molecule has 3 rings (SSSR count). The minimum atomic E-state index is 0.0649. The van der Waals surface area contributed by atoms with Gasteiger partial charge < -0.3 is 13.9 Å². The summed E-state index contributed by atoms with van der Waals surface area (Å²) < 4.78 is 7.71. The number of hydrogen-bond acceptors (Lipinski definition) is 5. The Bertz CT molecular complexity index is 693. The van der Waals surface area contributed by atoms with Gasteiger partial charge in [-0.1, -0.05) is 6.92 Å². The van der Waals surface area contributed by atoms with Crippen LogP contribution in [-0.4, -0.2) is 49.4 Å². The molecule has 0 bridgehead atoms. The molecule has 7 nitrogen and oxygen atoms in total. The van der Waals surface area contributed by atoms with Gasteiger partial charge >= 0.3 is 0 Å². The van der Waals surface area contributed by atoms with E-state index in [2.05, 4.69) is 14.9 Å². The van der Waals surface area contributed by atoms with Crippen molar-refractivity contribution in [2.45, 2.75) is 45.8 Å². The Morgan fingerprint density at radius 3 is 2.92 bits per heavy atom. The molecular weight excluding hydrogens is 306 g/mol. The third kappa shape index (κ3) is 3.67. The first-order valence-corrected chi connectivity index (χ1v) is 8.46. The van der Waals surface area contributed by atoms with E-state index in [-0.39, 0.29) is 11.9 Å². The van der Waals surface area contributed by atoms with Gasteiger partial charge in [-0.3, -0.25) is 9.69 Å². The highest BCUT2D eigenvalue weighted by atomic mass is 16.4.